The van der Waals surface area contributed by atoms with E-state index in [1.165, 1.54) is 0 Å². The predicted molar refractivity (Wildman–Crippen MR) is 54.5 cm³/mol. The van der Waals surface area contributed by atoms with Gasteiger partial charge < -0.3 is 10.4 Å². The van der Waals surface area contributed by atoms with Gasteiger partial charge in [-0.1, -0.05) is 13.8 Å². The first-order chi connectivity index (χ1) is 7.00. The summed E-state index contributed by atoms with van der Waals surface area (Å²) in [5.41, 5.74) is 0. The fraction of sp³-hybridized carbons (Fsp3) is 0.667. The van der Waals surface area contributed by atoms with E-state index in [2.05, 4.69) is 20.5 Å². The number of carbonyl (C=O) groups excluding carboxylic acids is 1. The zero-order valence-electron chi connectivity index (χ0n) is 9.11. The zero-order chi connectivity index (χ0) is 11.4. The quantitative estimate of drug-likeness (QED) is 0.657. The summed E-state index contributed by atoms with van der Waals surface area (Å²) in [6.07, 6.45) is -0.572. The van der Waals surface area contributed by atoms with Crippen LogP contribution in [0.2, 0.25) is 0 Å². The first kappa shape index (κ1) is 11.6. The lowest BCUT2D eigenvalue weighted by molar-refractivity contribution is 0.0914. The molecule has 0 aliphatic carbocycles. The van der Waals surface area contributed by atoms with E-state index in [1.54, 1.807) is 6.92 Å². The van der Waals surface area contributed by atoms with Gasteiger partial charge >= 0.3 is 0 Å². The Morgan fingerprint density at radius 2 is 2.20 bits per heavy atom. The lowest BCUT2D eigenvalue weighted by atomic mass is 10.2. The monoisotopic (exact) mass is 212 g/mol. The number of aliphatic hydroxyl groups is 1. The van der Waals surface area contributed by atoms with Crippen LogP contribution >= 0.6 is 0 Å². The Morgan fingerprint density at radius 3 is 2.67 bits per heavy atom. The Bertz CT molecular complexity index is 333. The van der Waals surface area contributed by atoms with Crippen LogP contribution in [0.3, 0.4) is 0 Å². The highest BCUT2D eigenvalue weighted by atomic mass is 16.3. The minimum absolute atomic E-state index is 0.111. The summed E-state index contributed by atoms with van der Waals surface area (Å²) in [5, 5.41) is 18.0. The molecule has 0 aliphatic heterocycles. The number of hydrogen-bond donors (Lipinski definition) is 3. The number of carbonyl (C=O) groups is 1. The summed E-state index contributed by atoms with van der Waals surface area (Å²) in [7, 11) is 0. The SMILES string of the molecule is CC(O)CNC(=O)c1n[nH]c(C(C)C)n1. The molecule has 84 valence electrons. The molecular formula is C9H16N4O2. The molecule has 0 fully saturated rings. The summed E-state index contributed by atoms with van der Waals surface area (Å²) >= 11 is 0. The van der Waals surface area contributed by atoms with Crippen molar-refractivity contribution in [2.75, 3.05) is 6.54 Å². The standard InChI is InChI=1S/C9H16N4O2/c1-5(2)7-11-8(13-12-7)9(15)10-4-6(3)14/h5-6,14H,4H2,1-3H3,(H,10,15)(H,11,12,13). The second-order valence-corrected chi connectivity index (χ2v) is 3.76. The third kappa shape index (κ3) is 3.32. The highest BCUT2D eigenvalue weighted by Crippen LogP contribution is 2.07. The molecule has 6 nitrogen and oxygen atoms in total. The lowest BCUT2D eigenvalue weighted by Gasteiger charge is -2.03. The van der Waals surface area contributed by atoms with Gasteiger partial charge in [-0.15, -0.1) is 5.10 Å². The number of aliphatic hydroxyl groups excluding tert-OH is 1. The molecule has 1 unspecified atom stereocenters. The molecule has 0 radical (unpaired) electrons. The number of rotatable bonds is 4. The van der Waals surface area contributed by atoms with Crippen molar-refractivity contribution in [1.82, 2.24) is 20.5 Å². The second kappa shape index (κ2) is 4.88. The molecule has 1 heterocycles. The number of nitrogens with one attached hydrogen (secondary N) is 2. The lowest BCUT2D eigenvalue weighted by Crippen LogP contribution is -2.31. The summed E-state index contributed by atoms with van der Waals surface area (Å²) < 4.78 is 0. The first-order valence-electron chi connectivity index (χ1n) is 4.89. The van der Waals surface area contributed by atoms with Crippen LogP contribution in [0.25, 0.3) is 0 Å². The molecule has 0 saturated carbocycles. The summed E-state index contributed by atoms with van der Waals surface area (Å²) in [4.78, 5) is 15.4. The molecule has 1 aromatic rings. The van der Waals surface area contributed by atoms with Crippen molar-refractivity contribution in [1.29, 1.82) is 0 Å². The van der Waals surface area contributed by atoms with Gasteiger partial charge in [0.1, 0.15) is 5.82 Å². The molecule has 0 saturated heterocycles. The van der Waals surface area contributed by atoms with Crippen LogP contribution in [0.15, 0.2) is 0 Å². The smallest absolute Gasteiger partial charge is 0.291 e. The average molecular weight is 212 g/mol. The maximum Gasteiger partial charge on any atom is 0.291 e. The third-order valence-electron chi connectivity index (χ3n) is 1.81. The van der Waals surface area contributed by atoms with Crippen LogP contribution in [-0.4, -0.2) is 38.8 Å². The van der Waals surface area contributed by atoms with E-state index in [4.69, 9.17) is 5.11 Å². The molecule has 0 spiro atoms. The van der Waals surface area contributed by atoms with Gasteiger partial charge in [-0.2, -0.15) is 0 Å². The number of amides is 1. The van der Waals surface area contributed by atoms with Crippen molar-refractivity contribution in [3.8, 4) is 0 Å². The zero-order valence-corrected chi connectivity index (χ0v) is 9.11. The van der Waals surface area contributed by atoms with Gasteiger partial charge in [0.05, 0.1) is 6.10 Å². The molecular weight excluding hydrogens is 196 g/mol. The highest BCUT2D eigenvalue weighted by molar-refractivity contribution is 5.90. The second-order valence-electron chi connectivity index (χ2n) is 3.76. The van der Waals surface area contributed by atoms with Crippen molar-refractivity contribution in [3.05, 3.63) is 11.6 Å². The molecule has 1 aromatic heterocycles. The van der Waals surface area contributed by atoms with E-state index in [0.717, 1.165) is 0 Å². The minimum Gasteiger partial charge on any atom is -0.392 e. The normalized spacial score (nSPS) is 12.9. The Balaban J connectivity index is 2.58. The number of hydrogen-bond acceptors (Lipinski definition) is 4. The van der Waals surface area contributed by atoms with Crippen LogP contribution in [0, 0.1) is 0 Å². The number of aromatic nitrogens is 3. The van der Waals surface area contributed by atoms with Crippen LogP contribution in [0.5, 0.6) is 0 Å². The molecule has 3 N–H and O–H groups in total. The van der Waals surface area contributed by atoms with Crippen molar-refractivity contribution < 1.29 is 9.90 Å². The van der Waals surface area contributed by atoms with E-state index in [1.807, 2.05) is 13.8 Å². The maximum absolute atomic E-state index is 11.4. The third-order valence-corrected chi connectivity index (χ3v) is 1.81. The summed E-state index contributed by atoms with van der Waals surface area (Å²) in [5.74, 6) is 0.617. The van der Waals surface area contributed by atoms with E-state index in [-0.39, 0.29) is 24.2 Å². The maximum atomic E-state index is 11.4. The summed E-state index contributed by atoms with van der Waals surface area (Å²) in [6.45, 7) is 5.71. The molecule has 1 amide bonds. The molecule has 15 heavy (non-hydrogen) atoms. The first-order valence-corrected chi connectivity index (χ1v) is 4.89. The largest absolute Gasteiger partial charge is 0.392 e. The summed E-state index contributed by atoms with van der Waals surface area (Å²) in [6, 6.07) is 0. The van der Waals surface area contributed by atoms with Crippen LogP contribution < -0.4 is 5.32 Å². The molecule has 0 aromatic carbocycles. The Morgan fingerprint density at radius 1 is 1.53 bits per heavy atom. The highest BCUT2D eigenvalue weighted by Gasteiger charge is 2.13. The molecule has 1 rings (SSSR count). The Labute approximate surface area is 88.1 Å². The molecule has 0 bridgehead atoms. The van der Waals surface area contributed by atoms with Crippen molar-refractivity contribution in [2.24, 2.45) is 0 Å². The van der Waals surface area contributed by atoms with Gasteiger partial charge in [-0.25, -0.2) is 4.98 Å². The van der Waals surface area contributed by atoms with Gasteiger partial charge in [-0.05, 0) is 6.92 Å². The van der Waals surface area contributed by atoms with Gasteiger partial charge in [0.15, 0.2) is 0 Å². The van der Waals surface area contributed by atoms with E-state index < -0.39 is 6.10 Å². The molecule has 0 aliphatic rings. The van der Waals surface area contributed by atoms with Crippen LogP contribution in [0.1, 0.15) is 43.1 Å². The molecule has 1 atom stereocenters. The Hall–Kier alpha value is -1.43. The van der Waals surface area contributed by atoms with Gasteiger partial charge in [0.25, 0.3) is 5.91 Å². The fourth-order valence-corrected chi connectivity index (χ4v) is 0.954. The predicted octanol–water partition coefficient (Wildman–Crippen LogP) is 0.0387. The van der Waals surface area contributed by atoms with Crippen LogP contribution in [0.4, 0.5) is 0 Å². The van der Waals surface area contributed by atoms with Gasteiger partial charge in [0, 0.05) is 12.5 Å². The Kier molecular flexibility index (Phi) is 3.79. The van der Waals surface area contributed by atoms with Crippen molar-refractivity contribution in [2.45, 2.75) is 32.8 Å². The van der Waals surface area contributed by atoms with Crippen molar-refractivity contribution in [3.63, 3.8) is 0 Å². The van der Waals surface area contributed by atoms with E-state index >= 15 is 0 Å². The average Bonchev–Trinajstić information content (AvgIpc) is 2.62. The number of aromatic amines is 1. The number of nitrogens with zero attached hydrogens (tertiary/aromatic N) is 2. The minimum atomic E-state index is -0.572. The topological polar surface area (TPSA) is 90.9 Å². The van der Waals surface area contributed by atoms with Gasteiger partial charge in [0.2, 0.25) is 5.82 Å². The van der Waals surface area contributed by atoms with E-state index in [9.17, 15) is 4.79 Å². The van der Waals surface area contributed by atoms with Crippen LogP contribution in [-0.2, 0) is 0 Å². The number of H-pyrrole nitrogens is 1. The van der Waals surface area contributed by atoms with Gasteiger partial charge in [-0.3, -0.25) is 9.89 Å². The van der Waals surface area contributed by atoms with Crippen molar-refractivity contribution >= 4 is 5.91 Å². The molecule has 6 heteroatoms. The fourth-order valence-electron chi connectivity index (χ4n) is 0.954. The van der Waals surface area contributed by atoms with E-state index in [0.29, 0.717) is 5.82 Å².